The lowest BCUT2D eigenvalue weighted by molar-refractivity contribution is -0.123. The van der Waals surface area contributed by atoms with E-state index in [1.807, 2.05) is 41.3 Å². The number of imide groups is 1. The molecule has 6 heterocycles. The van der Waals surface area contributed by atoms with E-state index in [9.17, 15) is 14.4 Å². The van der Waals surface area contributed by atoms with Crippen LogP contribution in [0.2, 0.25) is 0 Å². The molecular formula is C27H17N7O3. The van der Waals surface area contributed by atoms with Gasteiger partial charge in [0, 0.05) is 43.0 Å². The lowest BCUT2D eigenvalue weighted by atomic mass is 9.94. The molecule has 178 valence electrons. The number of aliphatic imine (C=N–C) groups is 1. The standard InChI is InChI=1S/C27H17N7O3/c35-25(17-13-28-7-8-29-17)18-12-15-4-3-5-16-23(30-9-11-34(18)24(15)16)22-21(26(36)32-27(22)37)19-14-31-20-6-1-2-10-33(19)20/h1-11,13-14,18H,12H2,(H,32,36,37). The van der Waals surface area contributed by atoms with Crippen LogP contribution in [-0.2, 0) is 16.0 Å². The smallest absolute Gasteiger partial charge is 0.261 e. The first kappa shape index (κ1) is 21.1. The van der Waals surface area contributed by atoms with E-state index < -0.39 is 17.9 Å². The highest BCUT2D eigenvalue weighted by Crippen LogP contribution is 2.40. The number of hydrogen-bond acceptors (Lipinski definition) is 8. The average molecular weight is 487 g/mol. The number of ketones is 1. The average Bonchev–Trinajstić information content (AvgIpc) is 3.55. The van der Waals surface area contributed by atoms with E-state index in [2.05, 4.69) is 25.3 Å². The second kappa shape index (κ2) is 7.89. The molecule has 0 saturated heterocycles. The highest BCUT2D eigenvalue weighted by atomic mass is 16.2. The van der Waals surface area contributed by atoms with Gasteiger partial charge in [-0.1, -0.05) is 24.3 Å². The molecule has 0 radical (unpaired) electrons. The van der Waals surface area contributed by atoms with Crippen LogP contribution in [-0.4, -0.2) is 48.7 Å². The van der Waals surface area contributed by atoms with Crippen molar-refractivity contribution < 1.29 is 14.4 Å². The van der Waals surface area contributed by atoms with Gasteiger partial charge in [0.1, 0.15) is 17.4 Å². The third kappa shape index (κ3) is 3.09. The van der Waals surface area contributed by atoms with Crippen molar-refractivity contribution in [1.29, 1.82) is 0 Å². The van der Waals surface area contributed by atoms with Crippen molar-refractivity contribution in [2.45, 2.75) is 12.5 Å². The minimum atomic E-state index is -0.537. The van der Waals surface area contributed by atoms with E-state index in [1.165, 1.54) is 18.6 Å². The van der Waals surface area contributed by atoms with Crippen molar-refractivity contribution in [2.75, 3.05) is 4.90 Å². The van der Waals surface area contributed by atoms with Gasteiger partial charge < -0.3 is 4.90 Å². The number of carbonyl (C=O) groups excluding carboxylic acids is 3. The number of hydrogen-bond donors (Lipinski definition) is 1. The maximum absolute atomic E-state index is 13.4. The number of aromatic nitrogens is 4. The summed E-state index contributed by atoms with van der Waals surface area (Å²) in [5.41, 5.74) is 4.50. The van der Waals surface area contributed by atoms with Crippen molar-refractivity contribution in [1.82, 2.24) is 24.7 Å². The quantitative estimate of drug-likeness (QED) is 0.346. The Labute approximate surface area is 209 Å². The number of pyridine rings is 1. The number of nitrogens with one attached hydrogen (secondary N) is 1. The van der Waals surface area contributed by atoms with Gasteiger partial charge in [0.05, 0.1) is 40.6 Å². The monoisotopic (exact) mass is 487 g/mol. The van der Waals surface area contributed by atoms with Gasteiger partial charge >= 0.3 is 0 Å². The zero-order valence-electron chi connectivity index (χ0n) is 19.2. The molecule has 0 bridgehead atoms. The Morgan fingerprint density at radius 1 is 0.973 bits per heavy atom. The molecule has 37 heavy (non-hydrogen) atoms. The summed E-state index contributed by atoms with van der Waals surface area (Å²) in [7, 11) is 0. The van der Waals surface area contributed by atoms with Gasteiger partial charge in [0.25, 0.3) is 11.8 Å². The number of rotatable bonds is 4. The topological polar surface area (TPSA) is 122 Å². The summed E-state index contributed by atoms with van der Waals surface area (Å²) in [6.45, 7) is 0. The van der Waals surface area contributed by atoms with E-state index in [-0.39, 0.29) is 22.6 Å². The Bertz CT molecular complexity index is 1750. The van der Waals surface area contributed by atoms with Gasteiger partial charge in [-0.25, -0.2) is 9.97 Å². The molecule has 0 spiro atoms. The number of amides is 2. The Morgan fingerprint density at radius 3 is 2.73 bits per heavy atom. The lowest BCUT2D eigenvalue weighted by Crippen LogP contribution is -2.35. The number of carbonyl (C=O) groups is 3. The molecule has 3 aliphatic rings. The summed E-state index contributed by atoms with van der Waals surface area (Å²) in [5, 5.41) is 2.43. The number of anilines is 1. The second-order valence-electron chi connectivity index (χ2n) is 8.78. The molecule has 4 aromatic rings. The van der Waals surface area contributed by atoms with Crippen LogP contribution in [0, 0.1) is 0 Å². The maximum Gasteiger partial charge on any atom is 0.261 e. The largest absolute Gasteiger partial charge is 0.334 e. The molecule has 10 heteroatoms. The summed E-state index contributed by atoms with van der Waals surface area (Å²) in [4.78, 5) is 58.7. The number of fused-ring (bicyclic) bond motifs is 1. The van der Waals surface area contributed by atoms with Crippen LogP contribution < -0.4 is 10.2 Å². The van der Waals surface area contributed by atoms with Gasteiger partial charge in [-0.05, 0) is 17.7 Å². The summed E-state index contributed by atoms with van der Waals surface area (Å²) in [6, 6.07) is 10.6. The van der Waals surface area contributed by atoms with Gasteiger partial charge in [0.2, 0.25) is 5.78 Å². The van der Waals surface area contributed by atoms with Crippen molar-refractivity contribution in [3.63, 3.8) is 0 Å². The van der Waals surface area contributed by atoms with Crippen LogP contribution in [0.5, 0.6) is 0 Å². The molecule has 2 amide bonds. The van der Waals surface area contributed by atoms with E-state index >= 15 is 0 Å². The summed E-state index contributed by atoms with van der Waals surface area (Å²) in [6.07, 6.45) is 11.6. The molecule has 0 aliphatic carbocycles. The molecular weight excluding hydrogens is 470 g/mol. The SMILES string of the molecule is O=C1NC(=O)C(c2cnc3ccccn23)=C1C1=NC=CN2c3c(cccc31)CC2C(=O)c1cnccn1. The molecule has 7 rings (SSSR count). The summed E-state index contributed by atoms with van der Waals surface area (Å²) in [5.74, 6) is -1.21. The fourth-order valence-corrected chi connectivity index (χ4v) is 5.20. The van der Waals surface area contributed by atoms with E-state index in [1.54, 1.807) is 29.2 Å². The van der Waals surface area contributed by atoms with E-state index in [4.69, 9.17) is 0 Å². The van der Waals surface area contributed by atoms with Crippen LogP contribution in [0.3, 0.4) is 0 Å². The highest BCUT2D eigenvalue weighted by molar-refractivity contribution is 6.47. The van der Waals surface area contributed by atoms with Gasteiger partial charge in [-0.3, -0.25) is 34.1 Å². The Kier molecular flexibility index (Phi) is 4.49. The van der Waals surface area contributed by atoms with Crippen LogP contribution in [0.25, 0.3) is 11.2 Å². The minimum Gasteiger partial charge on any atom is -0.334 e. The molecule has 1 N–H and O–H groups in total. The van der Waals surface area contributed by atoms with Crippen molar-refractivity contribution in [2.24, 2.45) is 4.99 Å². The third-order valence-corrected chi connectivity index (χ3v) is 6.77. The van der Waals surface area contributed by atoms with Crippen molar-refractivity contribution in [3.8, 4) is 0 Å². The number of para-hydroxylation sites is 1. The molecule has 3 aliphatic heterocycles. The molecule has 0 fully saturated rings. The fraction of sp³-hybridized carbons (Fsp3) is 0.0741. The van der Waals surface area contributed by atoms with Crippen LogP contribution in [0.15, 0.2) is 90.3 Å². The van der Waals surface area contributed by atoms with Crippen LogP contribution in [0.4, 0.5) is 5.69 Å². The predicted octanol–water partition coefficient (Wildman–Crippen LogP) is 2.12. The molecule has 1 atom stereocenters. The van der Waals surface area contributed by atoms with Crippen LogP contribution >= 0.6 is 0 Å². The third-order valence-electron chi connectivity index (χ3n) is 6.77. The van der Waals surface area contributed by atoms with Crippen molar-refractivity contribution >= 4 is 40.2 Å². The zero-order valence-corrected chi connectivity index (χ0v) is 19.2. The first-order chi connectivity index (χ1) is 18.1. The Hall–Kier alpha value is -5.25. The summed E-state index contributed by atoms with van der Waals surface area (Å²) < 4.78 is 1.76. The second-order valence-corrected chi connectivity index (χ2v) is 8.78. The molecule has 1 aromatic carbocycles. The van der Waals surface area contributed by atoms with Gasteiger partial charge in [-0.2, -0.15) is 0 Å². The molecule has 0 saturated carbocycles. The van der Waals surface area contributed by atoms with Gasteiger partial charge in [0.15, 0.2) is 0 Å². The predicted molar refractivity (Wildman–Crippen MR) is 134 cm³/mol. The van der Waals surface area contributed by atoms with Gasteiger partial charge in [-0.15, -0.1) is 0 Å². The molecule has 10 nitrogen and oxygen atoms in total. The Balaban J connectivity index is 1.39. The lowest BCUT2D eigenvalue weighted by Gasteiger charge is -2.23. The number of imidazole rings is 1. The Morgan fingerprint density at radius 2 is 1.86 bits per heavy atom. The number of Topliss-reactive ketones (excluding diaryl/α,β-unsaturated/α-hetero) is 1. The number of benzene rings is 1. The molecule has 3 aromatic heterocycles. The first-order valence-corrected chi connectivity index (χ1v) is 11.6. The molecule has 1 unspecified atom stereocenters. The summed E-state index contributed by atoms with van der Waals surface area (Å²) >= 11 is 0. The maximum atomic E-state index is 13.4. The first-order valence-electron chi connectivity index (χ1n) is 11.6. The minimum absolute atomic E-state index is 0.164. The van der Waals surface area contributed by atoms with Crippen LogP contribution in [0.1, 0.15) is 27.3 Å². The fourth-order valence-electron chi connectivity index (χ4n) is 5.20. The zero-order chi connectivity index (χ0) is 25.1. The number of nitrogens with zero attached hydrogens (tertiary/aromatic N) is 6. The normalized spacial score (nSPS) is 18.2. The van der Waals surface area contributed by atoms with E-state index in [0.717, 1.165) is 11.3 Å². The highest BCUT2D eigenvalue weighted by Gasteiger charge is 2.41. The van der Waals surface area contributed by atoms with Crippen molar-refractivity contribution in [3.05, 3.63) is 108 Å². The van der Waals surface area contributed by atoms with E-state index in [0.29, 0.717) is 29.0 Å².